The second-order valence-corrected chi connectivity index (χ2v) is 5.24. The molecule has 0 fully saturated rings. The lowest BCUT2D eigenvalue weighted by molar-refractivity contribution is 0.0696. The number of aromatic hydroxyl groups is 1. The van der Waals surface area contributed by atoms with Crippen LogP contribution in [0.2, 0.25) is 0 Å². The van der Waals surface area contributed by atoms with E-state index < -0.39 is 11.9 Å². The first-order chi connectivity index (χ1) is 9.88. The van der Waals surface area contributed by atoms with E-state index in [1.165, 1.54) is 29.5 Å². The van der Waals surface area contributed by atoms with Crippen LogP contribution in [0.5, 0.6) is 5.75 Å². The van der Waals surface area contributed by atoms with Gasteiger partial charge in [-0.1, -0.05) is 0 Å². The Balaban J connectivity index is 2.22. The molecular weight excluding hydrogens is 294 g/mol. The zero-order valence-corrected chi connectivity index (χ0v) is 11.8. The van der Waals surface area contributed by atoms with E-state index in [0.717, 1.165) is 0 Å². The molecule has 1 atom stereocenters. The number of amides is 1. The zero-order chi connectivity index (χ0) is 15.6. The van der Waals surface area contributed by atoms with Gasteiger partial charge < -0.3 is 21.3 Å². The molecular formula is C13H13N3O4S. The number of thiazole rings is 1. The molecule has 1 unspecified atom stereocenters. The molecule has 0 saturated heterocycles. The first-order valence-corrected chi connectivity index (χ1v) is 6.85. The van der Waals surface area contributed by atoms with Crippen molar-refractivity contribution in [3.63, 3.8) is 0 Å². The lowest BCUT2D eigenvalue weighted by Crippen LogP contribution is -2.14. The Morgan fingerprint density at radius 1 is 1.43 bits per heavy atom. The molecule has 2 aromatic rings. The Hall–Kier alpha value is -2.45. The molecule has 1 aromatic carbocycles. The maximum atomic E-state index is 12.0. The molecule has 1 heterocycles. The Morgan fingerprint density at radius 3 is 2.71 bits per heavy atom. The van der Waals surface area contributed by atoms with Crippen molar-refractivity contribution in [2.24, 2.45) is 5.73 Å². The van der Waals surface area contributed by atoms with Crippen molar-refractivity contribution in [2.45, 2.75) is 13.0 Å². The smallest absolute Gasteiger partial charge is 0.335 e. The van der Waals surface area contributed by atoms with Gasteiger partial charge in [0.2, 0.25) is 0 Å². The van der Waals surface area contributed by atoms with Crippen LogP contribution < -0.4 is 11.1 Å². The number of carboxylic acids is 1. The van der Waals surface area contributed by atoms with Crippen LogP contribution in [0.1, 0.15) is 38.8 Å². The highest BCUT2D eigenvalue weighted by molar-refractivity contribution is 7.09. The quantitative estimate of drug-likeness (QED) is 0.638. The van der Waals surface area contributed by atoms with E-state index in [0.29, 0.717) is 5.01 Å². The second kappa shape index (κ2) is 5.90. The maximum absolute atomic E-state index is 12.0. The van der Waals surface area contributed by atoms with Crippen molar-refractivity contribution in [3.05, 3.63) is 39.8 Å². The number of rotatable bonds is 4. The number of nitrogens with one attached hydrogen (secondary N) is 1. The highest BCUT2D eigenvalue weighted by Crippen LogP contribution is 2.25. The molecule has 0 aliphatic heterocycles. The number of carbonyl (C=O) groups is 2. The largest absolute Gasteiger partial charge is 0.506 e. The Labute approximate surface area is 124 Å². The molecule has 0 bridgehead atoms. The summed E-state index contributed by atoms with van der Waals surface area (Å²) in [5.74, 6) is -1.93. The van der Waals surface area contributed by atoms with E-state index in [1.807, 2.05) is 0 Å². The third-order valence-corrected chi connectivity index (χ3v) is 3.68. The molecule has 1 amide bonds. The number of hydrogen-bond acceptors (Lipinski definition) is 6. The number of aromatic nitrogens is 1. The monoisotopic (exact) mass is 307 g/mol. The molecule has 0 aliphatic carbocycles. The molecule has 0 spiro atoms. The molecule has 0 radical (unpaired) electrons. The van der Waals surface area contributed by atoms with Crippen LogP contribution in [-0.4, -0.2) is 27.1 Å². The summed E-state index contributed by atoms with van der Waals surface area (Å²) in [6.45, 7) is 1.75. The van der Waals surface area contributed by atoms with Crippen LogP contribution in [0.3, 0.4) is 0 Å². The average molecular weight is 307 g/mol. The van der Waals surface area contributed by atoms with Crippen LogP contribution in [0.4, 0.5) is 5.69 Å². The number of phenols is 1. The predicted octanol–water partition coefficient (Wildman–Crippen LogP) is 1.82. The Bertz CT molecular complexity index is 696. The van der Waals surface area contributed by atoms with E-state index >= 15 is 0 Å². The van der Waals surface area contributed by atoms with Crippen molar-refractivity contribution in [3.8, 4) is 5.75 Å². The van der Waals surface area contributed by atoms with Crippen molar-refractivity contribution in [1.29, 1.82) is 0 Å². The first kappa shape index (κ1) is 14.9. The minimum absolute atomic E-state index is 0.00949. The van der Waals surface area contributed by atoms with Crippen molar-refractivity contribution in [1.82, 2.24) is 4.98 Å². The summed E-state index contributed by atoms with van der Waals surface area (Å²) >= 11 is 1.26. The van der Waals surface area contributed by atoms with Crippen molar-refractivity contribution in [2.75, 3.05) is 5.32 Å². The number of hydrogen-bond donors (Lipinski definition) is 4. The molecule has 7 nitrogen and oxygen atoms in total. The van der Waals surface area contributed by atoms with Crippen LogP contribution in [0.15, 0.2) is 23.6 Å². The van der Waals surface area contributed by atoms with Crippen LogP contribution >= 0.6 is 11.3 Å². The molecule has 2 rings (SSSR count). The number of phenolic OH excluding ortho intramolecular Hbond substituents is 1. The van der Waals surface area contributed by atoms with Crippen LogP contribution in [0.25, 0.3) is 0 Å². The number of carboxylic acid groups (broad SMARTS) is 1. The number of carbonyl (C=O) groups excluding carboxylic acids is 1. The highest BCUT2D eigenvalue weighted by Gasteiger charge is 2.15. The topological polar surface area (TPSA) is 126 Å². The van der Waals surface area contributed by atoms with Gasteiger partial charge in [-0.2, -0.15) is 0 Å². The fraction of sp³-hybridized carbons (Fsp3) is 0.154. The fourth-order valence-electron chi connectivity index (χ4n) is 1.56. The number of nitrogens with two attached hydrogens (primary N) is 1. The van der Waals surface area contributed by atoms with Gasteiger partial charge in [0.1, 0.15) is 16.5 Å². The van der Waals surface area contributed by atoms with Crippen molar-refractivity contribution >= 4 is 28.9 Å². The van der Waals surface area contributed by atoms with E-state index in [9.17, 15) is 14.7 Å². The SMILES string of the molecule is CC(N)c1nc(C(=O)Nc2cc(C(=O)O)ccc2O)cs1. The zero-order valence-electron chi connectivity index (χ0n) is 11.0. The summed E-state index contributed by atoms with van der Waals surface area (Å²) in [6.07, 6.45) is 0. The molecule has 21 heavy (non-hydrogen) atoms. The third kappa shape index (κ3) is 3.36. The minimum atomic E-state index is -1.15. The Kier molecular flexibility index (Phi) is 4.20. The van der Waals surface area contributed by atoms with Gasteiger partial charge in [0.15, 0.2) is 0 Å². The van der Waals surface area contributed by atoms with Gasteiger partial charge in [0.25, 0.3) is 5.91 Å². The van der Waals surface area contributed by atoms with Gasteiger partial charge in [0, 0.05) is 5.38 Å². The van der Waals surface area contributed by atoms with Gasteiger partial charge in [0.05, 0.1) is 17.3 Å². The Morgan fingerprint density at radius 2 is 2.14 bits per heavy atom. The van der Waals surface area contributed by atoms with E-state index in [1.54, 1.807) is 12.3 Å². The van der Waals surface area contributed by atoms with Gasteiger partial charge in [-0.3, -0.25) is 4.79 Å². The van der Waals surface area contributed by atoms with E-state index in [-0.39, 0.29) is 28.7 Å². The van der Waals surface area contributed by atoms with Crippen LogP contribution in [-0.2, 0) is 0 Å². The summed E-state index contributed by atoms with van der Waals surface area (Å²) in [5.41, 5.74) is 5.79. The number of benzene rings is 1. The number of anilines is 1. The maximum Gasteiger partial charge on any atom is 0.335 e. The molecule has 8 heteroatoms. The van der Waals surface area contributed by atoms with Crippen LogP contribution in [0, 0.1) is 0 Å². The normalized spacial score (nSPS) is 11.9. The summed E-state index contributed by atoms with van der Waals surface area (Å²) in [7, 11) is 0. The third-order valence-electron chi connectivity index (χ3n) is 2.64. The van der Waals surface area contributed by atoms with Gasteiger partial charge in [-0.05, 0) is 25.1 Å². The van der Waals surface area contributed by atoms with E-state index in [2.05, 4.69) is 10.3 Å². The van der Waals surface area contributed by atoms with E-state index in [4.69, 9.17) is 10.8 Å². The van der Waals surface area contributed by atoms with Gasteiger partial charge >= 0.3 is 5.97 Å². The standard InChI is InChI=1S/C13H13N3O4S/c1-6(14)12-16-9(5-21-12)11(18)15-8-4-7(13(19)20)2-3-10(8)17/h2-6,17H,14H2,1H3,(H,15,18)(H,19,20). The van der Waals surface area contributed by atoms with Crippen molar-refractivity contribution < 1.29 is 19.8 Å². The average Bonchev–Trinajstić information content (AvgIpc) is 2.90. The molecule has 1 aromatic heterocycles. The first-order valence-electron chi connectivity index (χ1n) is 5.97. The van der Waals surface area contributed by atoms with Gasteiger partial charge in [-0.15, -0.1) is 11.3 Å². The van der Waals surface area contributed by atoms with Gasteiger partial charge in [-0.25, -0.2) is 9.78 Å². The summed E-state index contributed by atoms with van der Waals surface area (Å²) in [5, 5.41) is 23.1. The lowest BCUT2D eigenvalue weighted by atomic mass is 10.2. The lowest BCUT2D eigenvalue weighted by Gasteiger charge is -2.07. The fourth-order valence-corrected chi connectivity index (χ4v) is 2.31. The molecule has 0 aliphatic rings. The summed E-state index contributed by atoms with van der Waals surface area (Å²) < 4.78 is 0. The molecule has 110 valence electrons. The highest BCUT2D eigenvalue weighted by atomic mass is 32.1. The molecule has 0 saturated carbocycles. The molecule has 5 N–H and O–H groups in total. The second-order valence-electron chi connectivity index (χ2n) is 4.35. The minimum Gasteiger partial charge on any atom is -0.506 e. The number of aromatic carboxylic acids is 1. The summed E-state index contributed by atoms with van der Waals surface area (Å²) in [6, 6.07) is 3.34. The number of nitrogens with zero attached hydrogens (tertiary/aromatic N) is 1. The summed E-state index contributed by atoms with van der Waals surface area (Å²) in [4.78, 5) is 27.0. The predicted molar refractivity (Wildman–Crippen MR) is 77.7 cm³/mol.